The van der Waals surface area contributed by atoms with Gasteiger partial charge in [-0.1, -0.05) is 223 Å². The van der Waals surface area contributed by atoms with Crippen molar-refractivity contribution in [2.75, 3.05) is 6.61 Å². The van der Waals surface area contributed by atoms with Crippen LogP contribution in [0, 0.1) is 0 Å². The van der Waals surface area contributed by atoms with E-state index in [-0.39, 0.29) is 24.9 Å². The Morgan fingerprint density at radius 2 is 0.871 bits per heavy atom. The van der Waals surface area contributed by atoms with E-state index in [1.165, 1.54) is 135 Å². The first-order valence-corrected chi connectivity index (χ1v) is 26.9. The number of allylic oxidation sites excluding steroid dienone is 8. The van der Waals surface area contributed by atoms with Crippen LogP contribution in [0.4, 0.5) is 0 Å². The number of carbonyl (C=O) groups is 2. The standard InChI is InChI=1S/C56H103NO5/c1-4-7-10-13-16-19-22-25-28-29-32-35-38-41-44-47-52(62-56(61)49-46-43-40-37-34-31-27-24-21-18-15-12-9-6-3)50-55(60)57-53(51-58)54(59)48-45-42-39-36-33-30-26-23-20-17-14-11-8-5-2/h9,12,16,18-19,21,25,28,52-54,58-59H,4-8,10-11,13-15,17,20,22-24,26-27,29-51H2,1-3H3,(H,57,60)/b12-9+,19-16-,21-18+,28-25-. The summed E-state index contributed by atoms with van der Waals surface area (Å²) in [6, 6.07) is -0.707. The van der Waals surface area contributed by atoms with Crippen molar-refractivity contribution in [3.63, 3.8) is 0 Å². The lowest BCUT2D eigenvalue weighted by Gasteiger charge is -2.24. The minimum absolute atomic E-state index is 0.0658. The molecular weight excluding hydrogens is 767 g/mol. The third-order valence-electron chi connectivity index (χ3n) is 12.1. The maximum atomic E-state index is 13.2. The van der Waals surface area contributed by atoms with Gasteiger partial charge in [0.2, 0.25) is 5.91 Å². The fourth-order valence-electron chi connectivity index (χ4n) is 8.09. The van der Waals surface area contributed by atoms with Crippen molar-refractivity contribution in [3.8, 4) is 0 Å². The molecule has 0 radical (unpaired) electrons. The van der Waals surface area contributed by atoms with Crippen LogP contribution in [0.1, 0.15) is 271 Å². The van der Waals surface area contributed by atoms with Gasteiger partial charge in [-0.05, 0) is 83.5 Å². The van der Waals surface area contributed by atoms with Crippen LogP contribution >= 0.6 is 0 Å². The van der Waals surface area contributed by atoms with Gasteiger partial charge in [-0.2, -0.15) is 0 Å². The number of nitrogens with one attached hydrogen (secondary N) is 1. The van der Waals surface area contributed by atoms with Crippen LogP contribution in [-0.4, -0.2) is 46.9 Å². The molecule has 0 aliphatic carbocycles. The van der Waals surface area contributed by atoms with Crippen LogP contribution in [0.5, 0.6) is 0 Å². The Morgan fingerprint density at radius 1 is 0.484 bits per heavy atom. The molecule has 0 aromatic rings. The molecule has 0 aromatic heterocycles. The summed E-state index contributed by atoms with van der Waals surface area (Å²) in [5.74, 6) is -0.490. The highest BCUT2D eigenvalue weighted by Crippen LogP contribution is 2.18. The molecule has 0 bridgehead atoms. The Labute approximate surface area is 385 Å². The third kappa shape index (κ3) is 44.4. The molecule has 62 heavy (non-hydrogen) atoms. The van der Waals surface area contributed by atoms with Crippen molar-refractivity contribution in [1.29, 1.82) is 0 Å². The van der Waals surface area contributed by atoms with E-state index < -0.39 is 18.2 Å². The van der Waals surface area contributed by atoms with E-state index in [0.717, 1.165) is 89.9 Å². The van der Waals surface area contributed by atoms with Gasteiger partial charge in [0.25, 0.3) is 0 Å². The van der Waals surface area contributed by atoms with Gasteiger partial charge in [-0.3, -0.25) is 9.59 Å². The summed E-state index contributed by atoms with van der Waals surface area (Å²) < 4.78 is 5.94. The van der Waals surface area contributed by atoms with E-state index in [1.807, 2.05) is 0 Å². The Hall–Kier alpha value is -2.18. The van der Waals surface area contributed by atoms with Crippen LogP contribution in [0.3, 0.4) is 0 Å². The topological polar surface area (TPSA) is 95.9 Å². The van der Waals surface area contributed by atoms with Crippen molar-refractivity contribution >= 4 is 11.9 Å². The van der Waals surface area contributed by atoms with E-state index in [0.29, 0.717) is 19.3 Å². The molecule has 0 saturated carbocycles. The van der Waals surface area contributed by atoms with Crippen LogP contribution in [-0.2, 0) is 14.3 Å². The lowest BCUT2D eigenvalue weighted by atomic mass is 10.0. The van der Waals surface area contributed by atoms with E-state index in [4.69, 9.17) is 4.74 Å². The maximum Gasteiger partial charge on any atom is 0.306 e. The molecule has 0 aliphatic heterocycles. The summed E-state index contributed by atoms with van der Waals surface area (Å²) in [7, 11) is 0. The van der Waals surface area contributed by atoms with E-state index in [2.05, 4.69) is 74.7 Å². The molecule has 0 aliphatic rings. The lowest BCUT2D eigenvalue weighted by Crippen LogP contribution is -2.46. The first-order chi connectivity index (χ1) is 30.5. The molecule has 0 rings (SSSR count). The molecule has 0 heterocycles. The van der Waals surface area contributed by atoms with E-state index in [1.54, 1.807) is 0 Å². The Bertz CT molecular complexity index is 1070. The number of ether oxygens (including phenoxy) is 1. The molecule has 0 fully saturated rings. The number of aliphatic hydroxyl groups is 2. The summed E-state index contributed by atoms with van der Waals surface area (Å²) in [4.78, 5) is 26.2. The summed E-state index contributed by atoms with van der Waals surface area (Å²) >= 11 is 0. The molecule has 6 nitrogen and oxygen atoms in total. The average Bonchev–Trinajstić information content (AvgIpc) is 3.26. The molecule has 0 aromatic carbocycles. The number of hydrogen-bond donors (Lipinski definition) is 3. The van der Waals surface area contributed by atoms with Crippen LogP contribution < -0.4 is 5.32 Å². The first kappa shape index (κ1) is 59.8. The molecule has 3 unspecified atom stereocenters. The molecule has 1 amide bonds. The third-order valence-corrected chi connectivity index (χ3v) is 12.1. The van der Waals surface area contributed by atoms with Crippen molar-refractivity contribution < 1.29 is 24.5 Å². The highest BCUT2D eigenvalue weighted by Gasteiger charge is 2.24. The number of amides is 1. The predicted molar refractivity (Wildman–Crippen MR) is 269 cm³/mol. The number of unbranched alkanes of at least 4 members (excludes halogenated alkanes) is 28. The van der Waals surface area contributed by atoms with E-state index in [9.17, 15) is 19.8 Å². The molecule has 362 valence electrons. The van der Waals surface area contributed by atoms with Crippen molar-refractivity contribution in [2.24, 2.45) is 0 Å². The van der Waals surface area contributed by atoms with Gasteiger partial charge in [-0.25, -0.2) is 0 Å². The second-order valence-electron chi connectivity index (χ2n) is 18.2. The van der Waals surface area contributed by atoms with Gasteiger partial charge in [0.15, 0.2) is 0 Å². The fourth-order valence-corrected chi connectivity index (χ4v) is 8.09. The number of carbonyl (C=O) groups excluding carboxylic acids is 2. The maximum absolute atomic E-state index is 13.2. The van der Waals surface area contributed by atoms with Gasteiger partial charge in [-0.15, -0.1) is 0 Å². The number of hydrogen-bond acceptors (Lipinski definition) is 5. The number of rotatable bonds is 48. The second-order valence-corrected chi connectivity index (χ2v) is 18.2. The monoisotopic (exact) mass is 870 g/mol. The molecule has 3 atom stereocenters. The summed E-state index contributed by atoms with van der Waals surface area (Å²) in [5, 5.41) is 23.8. The van der Waals surface area contributed by atoms with Crippen molar-refractivity contribution in [1.82, 2.24) is 5.32 Å². The van der Waals surface area contributed by atoms with Crippen LogP contribution in [0.25, 0.3) is 0 Å². The molecular formula is C56H103NO5. The normalized spacial score (nSPS) is 13.6. The van der Waals surface area contributed by atoms with Gasteiger partial charge in [0, 0.05) is 6.42 Å². The Morgan fingerprint density at radius 3 is 1.34 bits per heavy atom. The fraction of sp³-hybridized carbons (Fsp3) is 0.821. The molecule has 6 heteroatoms. The summed E-state index contributed by atoms with van der Waals surface area (Å²) in [6.45, 7) is 6.36. The Balaban J connectivity index is 4.59. The summed E-state index contributed by atoms with van der Waals surface area (Å²) in [6.07, 6.45) is 60.2. The SMILES string of the molecule is CC/C=C/C/C=C/CCCCCCCCCC(=O)OC(CCCCCCC/C=C\C/C=C\CCCCC)CC(=O)NC(CO)C(O)CCCCCCCCCCCCCCCC. The summed E-state index contributed by atoms with van der Waals surface area (Å²) in [5.41, 5.74) is 0. The zero-order chi connectivity index (χ0) is 45.2. The van der Waals surface area contributed by atoms with Crippen LogP contribution in [0.2, 0.25) is 0 Å². The second kappa shape index (κ2) is 49.8. The van der Waals surface area contributed by atoms with Gasteiger partial charge >= 0.3 is 5.97 Å². The van der Waals surface area contributed by atoms with Gasteiger partial charge in [0.05, 0.1) is 25.2 Å². The minimum atomic E-state index is -0.793. The highest BCUT2D eigenvalue weighted by atomic mass is 16.5. The molecule has 3 N–H and O–H groups in total. The number of esters is 1. The van der Waals surface area contributed by atoms with Crippen LogP contribution in [0.15, 0.2) is 48.6 Å². The van der Waals surface area contributed by atoms with E-state index >= 15 is 0 Å². The van der Waals surface area contributed by atoms with Crippen molar-refractivity contribution in [3.05, 3.63) is 48.6 Å². The molecule has 0 saturated heterocycles. The Kier molecular flexibility index (Phi) is 48.1. The van der Waals surface area contributed by atoms with Gasteiger partial charge in [0.1, 0.15) is 6.10 Å². The number of aliphatic hydroxyl groups excluding tert-OH is 2. The largest absolute Gasteiger partial charge is 0.462 e. The lowest BCUT2D eigenvalue weighted by molar-refractivity contribution is -0.151. The van der Waals surface area contributed by atoms with Crippen molar-refractivity contribution in [2.45, 2.75) is 289 Å². The van der Waals surface area contributed by atoms with Gasteiger partial charge < -0.3 is 20.3 Å². The zero-order valence-electron chi connectivity index (χ0n) is 41.3. The quantitative estimate of drug-likeness (QED) is 0.0322. The predicted octanol–water partition coefficient (Wildman–Crippen LogP) is 16.2. The molecule has 0 spiro atoms. The average molecular weight is 870 g/mol. The first-order valence-electron chi connectivity index (χ1n) is 26.9. The zero-order valence-corrected chi connectivity index (χ0v) is 41.3. The smallest absolute Gasteiger partial charge is 0.306 e. The minimum Gasteiger partial charge on any atom is -0.462 e. The highest BCUT2D eigenvalue weighted by molar-refractivity contribution is 5.77.